The number of thiocarbonyl (C=S) groups is 1. The maximum absolute atomic E-state index is 5.36. The van der Waals surface area contributed by atoms with Crippen molar-refractivity contribution in [3.05, 3.63) is 52.3 Å². The lowest BCUT2D eigenvalue weighted by molar-refractivity contribution is 0.950. The Hall–Kier alpha value is -2.14. The van der Waals surface area contributed by atoms with E-state index in [1.165, 1.54) is 16.8 Å². The largest absolute Gasteiger partial charge is 0.375 e. The van der Waals surface area contributed by atoms with Crippen LogP contribution in [-0.2, 0) is 0 Å². The van der Waals surface area contributed by atoms with Gasteiger partial charge in [0.05, 0.1) is 6.21 Å². The Morgan fingerprint density at radius 2 is 2.00 bits per heavy atom. The van der Waals surface area contributed by atoms with Crippen LogP contribution in [0.5, 0.6) is 0 Å². The Morgan fingerprint density at radius 1 is 1.29 bits per heavy atom. The van der Waals surface area contributed by atoms with E-state index < -0.39 is 0 Å². The summed E-state index contributed by atoms with van der Waals surface area (Å²) in [7, 11) is 0. The van der Waals surface area contributed by atoms with Crippen molar-refractivity contribution in [3.63, 3.8) is 0 Å². The van der Waals surface area contributed by atoms with Crippen LogP contribution in [0.2, 0.25) is 0 Å². The fourth-order valence-corrected chi connectivity index (χ4v) is 2.49. The molecule has 0 radical (unpaired) electrons. The van der Waals surface area contributed by atoms with Gasteiger partial charge in [-0.05, 0) is 63.2 Å². The minimum atomic E-state index is 0.162. The average Bonchev–Trinajstić information content (AvgIpc) is 2.68. The van der Waals surface area contributed by atoms with Crippen molar-refractivity contribution in [3.8, 4) is 5.69 Å². The summed E-state index contributed by atoms with van der Waals surface area (Å²) in [4.78, 5) is 0. The molecule has 4 nitrogen and oxygen atoms in total. The molecular formula is C16H20N4S. The fraction of sp³-hybridized carbons (Fsp3) is 0.250. The molecular weight excluding hydrogens is 280 g/mol. The van der Waals surface area contributed by atoms with Crippen molar-refractivity contribution < 1.29 is 0 Å². The summed E-state index contributed by atoms with van der Waals surface area (Å²) in [6, 6.07) is 8.44. The van der Waals surface area contributed by atoms with Crippen LogP contribution in [0.1, 0.15) is 28.1 Å². The van der Waals surface area contributed by atoms with E-state index in [1.807, 2.05) is 0 Å². The van der Waals surface area contributed by atoms with Crippen LogP contribution in [0, 0.1) is 27.7 Å². The molecule has 110 valence electrons. The monoisotopic (exact) mass is 300 g/mol. The molecule has 0 amide bonds. The summed E-state index contributed by atoms with van der Waals surface area (Å²) in [5.41, 5.74) is 15.0. The van der Waals surface area contributed by atoms with E-state index in [-0.39, 0.29) is 5.11 Å². The van der Waals surface area contributed by atoms with Gasteiger partial charge in [0.15, 0.2) is 5.11 Å². The molecule has 1 heterocycles. The lowest BCUT2D eigenvalue weighted by Gasteiger charge is -2.14. The Labute approximate surface area is 130 Å². The number of nitrogens with two attached hydrogens (primary N) is 1. The summed E-state index contributed by atoms with van der Waals surface area (Å²) >= 11 is 4.73. The van der Waals surface area contributed by atoms with Crippen LogP contribution >= 0.6 is 12.2 Å². The fourth-order valence-electron chi connectivity index (χ4n) is 2.43. The number of nitrogens with zero attached hydrogens (tertiary/aromatic N) is 2. The highest BCUT2D eigenvalue weighted by Crippen LogP contribution is 2.24. The Bertz CT molecular complexity index is 713. The van der Waals surface area contributed by atoms with Crippen LogP contribution in [0.15, 0.2) is 29.4 Å². The minimum Gasteiger partial charge on any atom is -0.375 e. The zero-order valence-electron chi connectivity index (χ0n) is 12.8. The first-order valence-corrected chi connectivity index (χ1v) is 7.16. The van der Waals surface area contributed by atoms with E-state index in [0.29, 0.717) is 0 Å². The SMILES string of the molecule is Cc1cccc(-n2c(C)cc(C=NNC(N)=S)c2C)c1C. The van der Waals surface area contributed by atoms with Gasteiger partial charge in [-0.25, -0.2) is 0 Å². The molecule has 5 heteroatoms. The third-order valence-electron chi connectivity index (χ3n) is 3.67. The molecule has 0 aliphatic rings. The van der Waals surface area contributed by atoms with E-state index in [0.717, 1.165) is 17.0 Å². The third-order valence-corrected chi connectivity index (χ3v) is 3.76. The highest BCUT2D eigenvalue weighted by molar-refractivity contribution is 7.80. The van der Waals surface area contributed by atoms with Crippen LogP contribution in [0.25, 0.3) is 5.69 Å². The van der Waals surface area contributed by atoms with E-state index in [2.05, 4.69) is 67.1 Å². The molecule has 0 aliphatic heterocycles. The molecule has 0 bridgehead atoms. The average molecular weight is 300 g/mol. The van der Waals surface area contributed by atoms with E-state index in [4.69, 9.17) is 18.0 Å². The topological polar surface area (TPSA) is 55.3 Å². The van der Waals surface area contributed by atoms with Crippen molar-refractivity contribution in [1.82, 2.24) is 9.99 Å². The molecule has 0 fully saturated rings. The van der Waals surface area contributed by atoms with Crippen LogP contribution in [-0.4, -0.2) is 15.9 Å². The molecule has 0 saturated carbocycles. The summed E-state index contributed by atoms with van der Waals surface area (Å²) in [5.74, 6) is 0. The molecule has 2 aromatic rings. The smallest absolute Gasteiger partial charge is 0.184 e. The second kappa shape index (κ2) is 6.10. The van der Waals surface area contributed by atoms with Crippen molar-refractivity contribution >= 4 is 23.5 Å². The number of aromatic nitrogens is 1. The highest BCUT2D eigenvalue weighted by atomic mass is 32.1. The zero-order chi connectivity index (χ0) is 15.6. The summed E-state index contributed by atoms with van der Waals surface area (Å²) < 4.78 is 2.24. The molecule has 2 rings (SSSR count). The lowest BCUT2D eigenvalue weighted by atomic mass is 10.1. The van der Waals surface area contributed by atoms with Gasteiger partial charge < -0.3 is 10.3 Å². The predicted octanol–water partition coefficient (Wildman–Crippen LogP) is 2.88. The molecule has 1 aromatic carbocycles. The number of benzene rings is 1. The number of hydrogen-bond donors (Lipinski definition) is 2. The normalized spacial score (nSPS) is 11.0. The maximum Gasteiger partial charge on any atom is 0.184 e. The number of hydrogen-bond acceptors (Lipinski definition) is 2. The van der Waals surface area contributed by atoms with E-state index in [9.17, 15) is 0 Å². The molecule has 21 heavy (non-hydrogen) atoms. The first-order chi connectivity index (χ1) is 9.91. The number of nitrogens with one attached hydrogen (secondary N) is 1. The van der Waals surface area contributed by atoms with Crippen molar-refractivity contribution in [2.24, 2.45) is 10.8 Å². The van der Waals surface area contributed by atoms with Gasteiger partial charge in [0, 0.05) is 22.6 Å². The Balaban J connectivity index is 2.47. The summed E-state index contributed by atoms with van der Waals surface area (Å²) in [5, 5.41) is 4.20. The van der Waals surface area contributed by atoms with Crippen LogP contribution in [0.3, 0.4) is 0 Å². The first-order valence-electron chi connectivity index (χ1n) is 6.76. The van der Waals surface area contributed by atoms with Crippen LogP contribution in [0.4, 0.5) is 0 Å². The molecule has 0 spiro atoms. The summed E-state index contributed by atoms with van der Waals surface area (Å²) in [6.45, 7) is 8.44. The van der Waals surface area contributed by atoms with Gasteiger partial charge in [-0.2, -0.15) is 5.10 Å². The quantitative estimate of drug-likeness (QED) is 0.520. The molecule has 3 N–H and O–H groups in total. The van der Waals surface area contributed by atoms with Gasteiger partial charge in [0.2, 0.25) is 0 Å². The Morgan fingerprint density at radius 3 is 2.67 bits per heavy atom. The number of aryl methyl sites for hydroxylation is 2. The minimum absolute atomic E-state index is 0.162. The third kappa shape index (κ3) is 3.13. The first kappa shape index (κ1) is 15.3. The predicted molar refractivity (Wildman–Crippen MR) is 92.2 cm³/mol. The second-order valence-corrected chi connectivity index (χ2v) is 5.55. The molecule has 0 saturated heterocycles. The standard InChI is InChI=1S/C16H20N4S/c1-10-6-5-7-15(12(10)3)20-11(2)8-14(13(20)4)9-18-19-16(17)21/h5-9H,1-4H3,(H3,17,19,21). The van der Waals surface area contributed by atoms with E-state index in [1.54, 1.807) is 6.21 Å². The molecule has 0 aliphatic carbocycles. The van der Waals surface area contributed by atoms with Gasteiger partial charge >= 0.3 is 0 Å². The number of hydrazone groups is 1. The lowest BCUT2D eigenvalue weighted by Crippen LogP contribution is -2.24. The number of rotatable bonds is 3. The Kier molecular flexibility index (Phi) is 4.43. The zero-order valence-corrected chi connectivity index (χ0v) is 13.6. The van der Waals surface area contributed by atoms with Crippen molar-refractivity contribution in [2.45, 2.75) is 27.7 Å². The van der Waals surface area contributed by atoms with Crippen LogP contribution < -0.4 is 11.2 Å². The van der Waals surface area contributed by atoms with Gasteiger partial charge in [0.25, 0.3) is 0 Å². The molecule has 1 aromatic heterocycles. The summed E-state index contributed by atoms with van der Waals surface area (Å²) in [6.07, 6.45) is 1.74. The second-order valence-electron chi connectivity index (χ2n) is 5.12. The highest BCUT2D eigenvalue weighted by Gasteiger charge is 2.11. The van der Waals surface area contributed by atoms with Crippen molar-refractivity contribution in [1.29, 1.82) is 0 Å². The van der Waals surface area contributed by atoms with E-state index >= 15 is 0 Å². The van der Waals surface area contributed by atoms with Gasteiger partial charge in [-0.3, -0.25) is 5.43 Å². The molecule has 0 unspecified atom stereocenters. The maximum atomic E-state index is 5.36. The molecule has 0 atom stereocenters. The van der Waals surface area contributed by atoms with Gasteiger partial charge in [-0.15, -0.1) is 0 Å². The van der Waals surface area contributed by atoms with Gasteiger partial charge in [-0.1, -0.05) is 12.1 Å². The van der Waals surface area contributed by atoms with Gasteiger partial charge in [0.1, 0.15) is 0 Å². The van der Waals surface area contributed by atoms with Crippen molar-refractivity contribution in [2.75, 3.05) is 0 Å².